The fourth-order valence-electron chi connectivity index (χ4n) is 4.77. The van der Waals surface area contributed by atoms with E-state index >= 15 is 0 Å². The zero-order chi connectivity index (χ0) is 33.1. The van der Waals surface area contributed by atoms with Crippen molar-refractivity contribution in [3.8, 4) is 62.9 Å². The van der Waals surface area contributed by atoms with Gasteiger partial charge in [-0.15, -0.1) is 0 Å². The molecule has 0 aromatic heterocycles. The minimum Gasteiger partial charge on any atom is -0.504 e. The lowest BCUT2D eigenvalue weighted by Gasteiger charge is -2.41. The molecule has 2 heterocycles. The van der Waals surface area contributed by atoms with E-state index in [0.717, 1.165) is 0 Å². The fraction of sp³-hybridized carbons (Fsp3) is 0.222. The van der Waals surface area contributed by atoms with Crippen molar-refractivity contribution in [2.24, 2.45) is 0 Å². The minimum absolute atomic E-state index is 0.532. The van der Waals surface area contributed by atoms with Crippen molar-refractivity contribution in [2.45, 2.75) is 30.7 Å². The quantitative estimate of drug-likeness (QED) is 0.0979. The average molecular weight is 634 g/mol. The number of aliphatic hydroxyl groups excluding tert-OH is 2. The first kappa shape index (κ1) is 30.6. The number of rotatable bonds is 2. The number of aliphatic hydroxyl groups is 2. The number of hydrogen-bond donors (Lipinski definition) is 11. The molecule has 18 nitrogen and oxygen atoms in total. The first-order valence-electron chi connectivity index (χ1n) is 12.5. The third-order valence-electron chi connectivity index (χ3n) is 7.00. The SMILES string of the molecule is O=C(OC1C(O)OC2COC(=O)c3cc(O)c(O)c(O)c3-c3c(cc(O)c(O)c3O)C(=O)OC2C1O)c1cc(O)c(O)c(O)c1. The van der Waals surface area contributed by atoms with E-state index in [0.29, 0.717) is 24.3 Å². The van der Waals surface area contributed by atoms with E-state index in [1.807, 2.05) is 0 Å². The first-order chi connectivity index (χ1) is 21.1. The van der Waals surface area contributed by atoms with Crippen LogP contribution in [0, 0.1) is 0 Å². The molecule has 0 bridgehead atoms. The second-order valence-electron chi connectivity index (χ2n) is 9.79. The molecule has 3 aromatic carbocycles. The van der Waals surface area contributed by atoms with Crippen molar-refractivity contribution in [2.75, 3.05) is 6.61 Å². The number of carbonyl (C=O) groups excluding carboxylic acids is 3. The summed E-state index contributed by atoms with van der Waals surface area (Å²) in [6.07, 6.45) is -10.1. The summed E-state index contributed by atoms with van der Waals surface area (Å²) in [6.45, 7) is -0.925. The van der Waals surface area contributed by atoms with Gasteiger partial charge in [-0.05, 0) is 24.3 Å². The number of cyclic esters (lactones) is 1. The lowest BCUT2D eigenvalue weighted by molar-refractivity contribution is -0.284. The van der Waals surface area contributed by atoms with Crippen molar-refractivity contribution >= 4 is 17.9 Å². The second kappa shape index (κ2) is 11.0. The molecule has 0 radical (unpaired) electrons. The number of aromatic hydroxyl groups is 9. The highest BCUT2D eigenvalue weighted by Gasteiger charge is 2.50. The molecule has 5 rings (SSSR count). The molecule has 11 N–H and O–H groups in total. The molecule has 18 heteroatoms. The normalized spacial score (nSPS) is 22.9. The highest BCUT2D eigenvalue weighted by Crippen LogP contribution is 2.53. The second-order valence-corrected chi connectivity index (χ2v) is 9.79. The molecular weight excluding hydrogens is 612 g/mol. The summed E-state index contributed by atoms with van der Waals surface area (Å²) in [5, 5.41) is 112. The minimum atomic E-state index is -2.19. The summed E-state index contributed by atoms with van der Waals surface area (Å²) in [4.78, 5) is 39.3. The summed E-state index contributed by atoms with van der Waals surface area (Å²) in [5.41, 5.74) is -4.02. The molecule has 0 amide bonds. The molecule has 1 saturated heterocycles. The van der Waals surface area contributed by atoms with Gasteiger partial charge in [0.05, 0.1) is 16.7 Å². The molecule has 5 atom stereocenters. The Balaban J connectivity index is 1.58. The van der Waals surface area contributed by atoms with Crippen LogP contribution in [-0.2, 0) is 18.9 Å². The molecule has 5 unspecified atom stereocenters. The van der Waals surface area contributed by atoms with Gasteiger partial charge in [0.1, 0.15) is 18.8 Å². The number of ether oxygens (including phenoxy) is 4. The summed E-state index contributed by atoms with van der Waals surface area (Å²) in [5.74, 6) is -14.4. The van der Waals surface area contributed by atoms with Crippen molar-refractivity contribution in [3.63, 3.8) is 0 Å². The van der Waals surface area contributed by atoms with Gasteiger partial charge in [-0.3, -0.25) is 0 Å². The Morgan fingerprint density at radius 3 is 1.71 bits per heavy atom. The van der Waals surface area contributed by atoms with Gasteiger partial charge in [-0.25, -0.2) is 14.4 Å². The Morgan fingerprint density at radius 2 is 1.18 bits per heavy atom. The first-order valence-corrected chi connectivity index (χ1v) is 12.5. The highest BCUT2D eigenvalue weighted by molar-refractivity contribution is 6.08. The molecule has 238 valence electrons. The Bertz CT molecular complexity index is 1730. The van der Waals surface area contributed by atoms with Crippen LogP contribution in [0.1, 0.15) is 31.1 Å². The van der Waals surface area contributed by atoms with Gasteiger partial charge in [0.2, 0.25) is 11.5 Å². The molecule has 1 fully saturated rings. The van der Waals surface area contributed by atoms with Gasteiger partial charge < -0.3 is 75.1 Å². The molecule has 2 aliphatic rings. The maximum Gasteiger partial charge on any atom is 0.339 e. The van der Waals surface area contributed by atoms with Crippen LogP contribution in [0.25, 0.3) is 11.1 Å². The van der Waals surface area contributed by atoms with Crippen LogP contribution in [0.5, 0.6) is 51.7 Å². The number of phenolic OH excluding ortho intramolecular Hbond substituents is 9. The van der Waals surface area contributed by atoms with Crippen molar-refractivity contribution in [1.82, 2.24) is 0 Å². The monoisotopic (exact) mass is 634 g/mol. The smallest absolute Gasteiger partial charge is 0.339 e. The zero-order valence-corrected chi connectivity index (χ0v) is 22.2. The van der Waals surface area contributed by atoms with Crippen LogP contribution in [-0.4, -0.2) is 111 Å². The van der Waals surface area contributed by atoms with E-state index in [9.17, 15) is 70.6 Å². The number of esters is 3. The van der Waals surface area contributed by atoms with Crippen LogP contribution in [0.15, 0.2) is 24.3 Å². The summed E-state index contributed by atoms with van der Waals surface area (Å²) in [6, 6.07) is 2.48. The van der Waals surface area contributed by atoms with E-state index in [-0.39, 0.29) is 0 Å². The summed E-state index contributed by atoms with van der Waals surface area (Å²) < 4.78 is 20.8. The van der Waals surface area contributed by atoms with Crippen molar-refractivity contribution in [3.05, 3.63) is 41.0 Å². The van der Waals surface area contributed by atoms with Crippen molar-refractivity contribution in [1.29, 1.82) is 0 Å². The van der Waals surface area contributed by atoms with Crippen LogP contribution >= 0.6 is 0 Å². The summed E-state index contributed by atoms with van der Waals surface area (Å²) >= 11 is 0. The Morgan fingerprint density at radius 1 is 0.689 bits per heavy atom. The van der Waals surface area contributed by atoms with E-state index in [4.69, 9.17) is 18.9 Å². The standard InChI is InChI=1S/C27H22O18/c28-9-1-6(2-10(29)16(9)32)24(38)45-23-21(37)22-13(43-27(23)41)5-42-25(39)7-3-11(30)17(33)19(35)14(7)15-8(26(40)44-22)4-12(31)18(34)20(15)36/h1-4,13,21-23,27-37,41H,5H2. The number of fused-ring (bicyclic) bond motifs is 4. The largest absolute Gasteiger partial charge is 0.504 e. The van der Waals surface area contributed by atoms with E-state index < -0.39 is 135 Å². The predicted molar refractivity (Wildman–Crippen MR) is 139 cm³/mol. The number of hydrogen-bond acceptors (Lipinski definition) is 18. The van der Waals surface area contributed by atoms with Gasteiger partial charge >= 0.3 is 17.9 Å². The Kier molecular flexibility index (Phi) is 7.49. The summed E-state index contributed by atoms with van der Waals surface area (Å²) in [7, 11) is 0. The van der Waals surface area contributed by atoms with Crippen LogP contribution < -0.4 is 0 Å². The molecule has 3 aromatic rings. The van der Waals surface area contributed by atoms with Crippen LogP contribution in [0.4, 0.5) is 0 Å². The lowest BCUT2D eigenvalue weighted by Crippen LogP contribution is -2.61. The van der Waals surface area contributed by atoms with Gasteiger partial charge in [-0.1, -0.05) is 0 Å². The van der Waals surface area contributed by atoms with Gasteiger partial charge in [0.15, 0.2) is 58.7 Å². The zero-order valence-electron chi connectivity index (χ0n) is 22.2. The van der Waals surface area contributed by atoms with Gasteiger partial charge in [0.25, 0.3) is 0 Å². The number of carbonyl (C=O) groups is 3. The molecule has 0 spiro atoms. The average Bonchev–Trinajstić information content (AvgIpc) is 3.00. The lowest BCUT2D eigenvalue weighted by atomic mass is 9.92. The fourth-order valence-corrected chi connectivity index (χ4v) is 4.77. The maximum atomic E-state index is 13.5. The molecular formula is C27H22O18. The van der Waals surface area contributed by atoms with Crippen LogP contribution in [0.3, 0.4) is 0 Å². The van der Waals surface area contributed by atoms with E-state index in [1.54, 1.807) is 0 Å². The molecule has 45 heavy (non-hydrogen) atoms. The molecule has 0 aliphatic carbocycles. The topological polar surface area (TPSA) is 311 Å². The van der Waals surface area contributed by atoms with Crippen molar-refractivity contribution < 1.29 is 89.5 Å². The van der Waals surface area contributed by atoms with Gasteiger partial charge in [0, 0.05) is 11.1 Å². The van der Waals surface area contributed by atoms with Gasteiger partial charge in [-0.2, -0.15) is 0 Å². The third kappa shape index (κ3) is 5.07. The molecule has 0 saturated carbocycles. The number of benzene rings is 3. The predicted octanol–water partition coefficient (Wildman–Crippen LogP) is -0.297. The highest BCUT2D eigenvalue weighted by atomic mass is 16.7. The molecule has 2 aliphatic heterocycles. The number of phenols is 9. The Labute approximate surface area is 248 Å². The third-order valence-corrected chi connectivity index (χ3v) is 7.00. The van der Waals surface area contributed by atoms with E-state index in [2.05, 4.69) is 0 Å². The Hall–Kier alpha value is -5.85. The van der Waals surface area contributed by atoms with E-state index in [1.165, 1.54) is 0 Å². The maximum absolute atomic E-state index is 13.5. The van der Waals surface area contributed by atoms with Crippen LogP contribution in [0.2, 0.25) is 0 Å².